The van der Waals surface area contributed by atoms with Crippen molar-refractivity contribution in [1.82, 2.24) is 0 Å². The number of hydrogen-bond acceptors (Lipinski definition) is 4. The number of carboxylic acid groups (broad SMARTS) is 1. The third-order valence-electron chi connectivity index (χ3n) is 13.5. The second kappa shape index (κ2) is 7.80. The minimum absolute atomic E-state index is 0.00815. The highest BCUT2D eigenvalue weighted by atomic mass is 16.4. The van der Waals surface area contributed by atoms with Crippen molar-refractivity contribution in [2.24, 2.45) is 56.7 Å². The summed E-state index contributed by atoms with van der Waals surface area (Å²) in [5, 5.41) is 42.9. The molecular weight excluding hydrogens is 440 g/mol. The summed E-state index contributed by atoms with van der Waals surface area (Å²) < 4.78 is 0. The summed E-state index contributed by atoms with van der Waals surface area (Å²) >= 11 is 0. The van der Waals surface area contributed by atoms with E-state index in [2.05, 4.69) is 40.7 Å². The van der Waals surface area contributed by atoms with Crippen LogP contribution in [0, 0.1) is 56.7 Å². The molecule has 0 radical (unpaired) electrons. The highest BCUT2D eigenvalue weighted by Gasteiger charge is 2.70. The van der Waals surface area contributed by atoms with Crippen molar-refractivity contribution in [3.05, 3.63) is 11.6 Å². The van der Waals surface area contributed by atoms with Crippen molar-refractivity contribution < 1.29 is 25.2 Å². The number of aliphatic hydroxyl groups excluding tert-OH is 3. The Morgan fingerprint density at radius 3 is 2.31 bits per heavy atom. The average Bonchev–Trinajstić information content (AvgIpc) is 2.80. The monoisotopic (exact) mass is 488 g/mol. The molecule has 5 aliphatic rings. The largest absolute Gasteiger partial charge is 0.481 e. The van der Waals surface area contributed by atoms with E-state index in [1.807, 2.05) is 6.92 Å². The van der Waals surface area contributed by atoms with Crippen molar-refractivity contribution in [3.63, 3.8) is 0 Å². The van der Waals surface area contributed by atoms with Gasteiger partial charge in [-0.05, 0) is 97.2 Å². The lowest BCUT2D eigenvalue weighted by Gasteiger charge is -2.71. The number of aliphatic hydroxyl groups is 3. The van der Waals surface area contributed by atoms with Crippen LogP contribution in [0.25, 0.3) is 0 Å². The van der Waals surface area contributed by atoms with Crippen LogP contribution in [0.2, 0.25) is 0 Å². The maximum absolute atomic E-state index is 12.8. The topological polar surface area (TPSA) is 98.0 Å². The molecule has 5 aliphatic carbocycles. The van der Waals surface area contributed by atoms with Crippen LogP contribution in [0.3, 0.4) is 0 Å². The number of hydrogen-bond donors (Lipinski definition) is 4. The van der Waals surface area contributed by atoms with E-state index >= 15 is 0 Å². The molecule has 5 rings (SSSR count). The Balaban J connectivity index is 1.62. The van der Waals surface area contributed by atoms with Gasteiger partial charge in [-0.25, -0.2) is 0 Å². The molecule has 0 saturated heterocycles. The molecule has 4 saturated carbocycles. The zero-order valence-corrected chi connectivity index (χ0v) is 22.7. The van der Waals surface area contributed by atoms with Crippen molar-refractivity contribution >= 4 is 5.97 Å². The van der Waals surface area contributed by atoms with E-state index in [1.165, 1.54) is 5.57 Å². The molecule has 0 aromatic heterocycles. The van der Waals surface area contributed by atoms with E-state index in [1.54, 1.807) is 0 Å². The predicted molar refractivity (Wildman–Crippen MR) is 135 cm³/mol. The number of rotatable bonds is 2. The molecule has 0 amide bonds. The summed E-state index contributed by atoms with van der Waals surface area (Å²) in [6.45, 7) is 13.6. The van der Waals surface area contributed by atoms with Gasteiger partial charge in [0.25, 0.3) is 0 Å². The molecular formula is C30H48O5. The second-order valence-corrected chi connectivity index (χ2v) is 14.5. The van der Waals surface area contributed by atoms with E-state index < -0.39 is 29.0 Å². The minimum atomic E-state index is -0.907. The van der Waals surface area contributed by atoms with E-state index in [0.717, 1.165) is 44.9 Å². The van der Waals surface area contributed by atoms with Gasteiger partial charge in [0.2, 0.25) is 0 Å². The van der Waals surface area contributed by atoms with E-state index in [0.29, 0.717) is 24.2 Å². The van der Waals surface area contributed by atoms with Gasteiger partial charge in [-0.1, -0.05) is 53.2 Å². The number of fused-ring (bicyclic) bond motifs is 7. The highest BCUT2D eigenvalue weighted by molar-refractivity contribution is 5.76. The third kappa shape index (κ3) is 2.95. The van der Waals surface area contributed by atoms with Crippen LogP contribution < -0.4 is 0 Å². The summed E-state index contributed by atoms with van der Waals surface area (Å²) in [4.78, 5) is 12.8. The van der Waals surface area contributed by atoms with E-state index in [9.17, 15) is 25.2 Å². The van der Waals surface area contributed by atoms with Crippen LogP contribution in [-0.4, -0.2) is 45.2 Å². The van der Waals surface area contributed by atoms with Crippen molar-refractivity contribution in [2.45, 2.75) is 105 Å². The number of carbonyl (C=O) groups is 1. The normalized spacial score (nSPS) is 57.7. The Bertz CT molecular complexity index is 930. The van der Waals surface area contributed by atoms with Crippen molar-refractivity contribution in [3.8, 4) is 0 Å². The molecule has 4 fully saturated rings. The first kappa shape index (κ1) is 25.7. The lowest BCUT2D eigenvalue weighted by atomic mass is 9.33. The van der Waals surface area contributed by atoms with Gasteiger partial charge in [0.05, 0.1) is 24.2 Å². The first-order valence-electron chi connectivity index (χ1n) is 14.1. The SMILES string of the molecule is C[C@H]1[C@H](C)CC[C@]2(C(=O)O)CC[C@]3(C)C(=CCC4[C@]5(C)C[C@@H](O)[C@H](O)[C@@](C)(CO)[C@H]5CC[C@]43C)[C@H]12. The quantitative estimate of drug-likeness (QED) is 0.409. The molecule has 4 N–H and O–H groups in total. The fourth-order valence-corrected chi connectivity index (χ4v) is 11.0. The summed E-state index contributed by atoms with van der Waals surface area (Å²) in [6.07, 6.45) is 7.51. The zero-order chi connectivity index (χ0) is 25.8. The van der Waals surface area contributed by atoms with Crippen LogP contribution in [0.4, 0.5) is 0 Å². The molecule has 1 unspecified atom stereocenters. The van der Waals surface area contributed by atoms with Gasteiger partial charge in [0.15, 0.2) is 0 Å². The Morgan fingerprint density at radius 2 is 1.69 bits per heavy atom. The molecule has 0 spiro atoms. The van der Waals surface area contributed by atoms with Crippen LogP contribution in [-0.2, 0) is 4.79 Å². The van der Waals surface area contributed by atoms with Gasteiger partial charge in [-0.2, -0.15) is 0 Å². The molecule has 0 heterocycles. The Morgan fingerprint density at radius 1 is 1.00 bits per heavy atom. The number of carboxylic acids is 1. The van der Waals surface area contributed by atoms with Gasteiger partial charge in [0, 0.05) is 5.41 Å². The number of aliphatic carboxylic acids is 1. The van der Waals surface area contributed by atoms with Crippen LogP contribution in [0.15, 0.2) is 11.6 Å². The fourth-order valence-electron chi connectivity index (χ4n) is 11.0. The summed E-state index contributed by atoms with van der Waals surface area (Å²) in [5.74, 6) is 0.828. The summed E-state index contributed by atoms with van der Waals surface area (Å²) in [7, 11) is 0. The lowest BCUT2D eigenvalue weighted by molar-refractivity contribution is -0.244. The van der Waals surface area contributed by atoms with Gasteiger partial charge >= 0.3 is 5.97 Å². The maximum Gasteiger partial charge on any atom is 0.310 e. The predicted octanol–water partition coefficient (Wildman–Crippen LogP) is 5.03. The number of allylic oxidation sites excluding steroid dienone is 2. The molecule has 0 aliphatic heterocycles. The van der Waals surface area contributed by atoms with Crippen LogP contribution in [0.5, 0.6) is 0 Å². The van der Waals surface area contributed by atoms with Crippen molar-refractivity contribution in [2.75, 3.05) is 6.61 Å². The van der Waals surface area contributed by atoms with E-state index in [-0.39, 0.29) is 34.7 Å². The molecule has 0 aromatic carbocycles. The second-order valence-electron chi connectivity index (χ2n) is 14.5. The average molecular weight is 489 g/mol. The fraction of sp³-hybridized carbons (Fsp3) is 0.900. The molecule has 198 valence electrons. The van der Waals surface area contributed by atoms with Gasteiger partial charge in [-0.3, -0.25) is 4.79 Å². The smallest absolute Gasteiger partial charge is 0.310 e. The summed E-state index contributed by atoms with van der Waals surface area (Å²) in [5.41, 5.74) is -0.214. The van der Waals surface area contributed by atoms with Gasteiger partial charge < -0.3 is 20.4 Å². The van der Waals surface area contributed by atoms with Crippen LogP contribution >= 0.6 is 0 Å². The Kier molecular flexibility index (Phi) is 5.73. The standard InChI is InChI=1S/C30H48O5/c1-17-9-12-30(25(34)35)14-13-28(5)19(23(30)18(17)2)7-8-22-26(3)15-20(32)24(33)27(4,16-31)21(26)10-11-29(22,28)6/h7,17-18,20-24,31-33H,8-16H2,1-6H3,(H,34,35)/t17-,18+,20-,21+,22?,23+,24+,26-,27+,28-,29-,30+/m1/s1. The Hall–Kier alpha value is -0.910. The summed E-state index contributed by atoms with van der Waals surface area (Å²) in [6, 6.07) is 0. The first-order chi connectivity index (χ1) is 16.2. The molecule has 0 bridgehead atoms. The van der Waals surface area contributed by atoms with E-state index in [4.69, 9.17) is 0 Å². The molecule has 12 atom stereocenters. The van der Waals surface area contributed by atoms with Crippen molar-refractivity contribution in [1.29, 1.82) is 0 Å². The third-order valence-corrected chi connectivity index (χ3v) is 13.5. The minimum Gasteiger partial charge on any atom is -0.481 e. The molecule has 35 heavy (non-hydrogen) atoms. The van der Waals surface area contributed by atoms with Gasteiger partial charge in [-0.15, -0.1) is 0 Å². The van der Waals surface area contributed by atoms with Crippen LogP contribution in [0.1, 0.15) is 92.9 Å². The van der Waals surface area contributed by atoms with Gasteiger partial charge in [0.1, 0.15) is 0 Å². The molecule has 5 nitrogen and oxygen atoms in total. The maximum atomic E-state index is 12.8. The lowest BCUT2D eigenvalue weighted by Crippen LogP contribution is -2.68. The molecule has 0 aromatic rings. The Labute approximate surface area is 211 Å². The highest BCUT2D eigenvalue weighted by Crippen LogP contribution is 2.75. The first-order valence-corrected chi connectivity index (χ1v) is 14.1. The zero-order valence-electron chi connectivity index (χ0n) is 22.7. The molecule has 5 heteroatoms.